The highest BCUT2D eigenvalue weighted by atomic mass is 35.5. The van der Waals surface area contributed by atoms with Crippen molar-refractivity contribution in [1.29, 1.82) is 0 Å². The van der Waals surface area contributed by atoms with Crippen molar-refractivity contribution in [3.63, 3.8) is 0 Å². The van der Waals surface area contributed by atoms with E-state index in [1.54, 1.807) is 4.74 Å². The highest BCUT2D eigenvalue weighted by Crippen LogP contribution is 2.54. The number of amides is 1. The number of thiocarbonyl (C=S) groups is 1. The molecule has 0 aliphatic heterocycles. The summed E-state index contributed by atoms with van der Waals surface area (Å²) >= 11 is 16.6. The summed E-state index contributed by atoms with van der Waals surface area (Å²) in [5, 5.41) is 3.18. The highest BCUT2D eigenvalue weighted by molar-refractivity contribution is 7.80. The van der Waals surface area contributed by atoms with Gasteiger partial charge in [0.25, 0.3) is 5.91 Å². The molecule has 0 radical (unpaired) electrons. The van der Waals surface area contributed by atoms with Gasteiger partial charge >= 0.3 is 36.5 Å². The van der Waals surface area contributed by atoms with E-state index in [9.17, 15) is 61.9 Å². The molecule has 0 saturated carbocycles. The van der Waals surface area contributed by atoms with Gasteiger partial charge in [-0.25, -0.2) is 9.47 Å². The molecule has 0 fully saturated rings. The van der Waals surface area contributed by atoms with Gasteiger partial charge in [-0.1, -0.05) is 35.3 Å². The first kappa shape index (κ1) is 36.4. The lowest BCUT2D eigenvalue weighted by Gasteiger charge is -2.35. The van der Waals surface area contributed by atoms with Crippen LogP contribution in [0.3, 0.4) is 0 Å². The van der Waals surface area contributed by atoms with E-state index in [4.69, 9.17) is 40.2 Å². The number of rotatable bonds is 10. The lowest BCUT2D eigenvalue weighted by Crippen LogP contribution is -2.61. The number of hydrogen-bond acceptors (Lipinski definition) is 5. The molecule has 0 unspecified atom stereocenters. The van der Waals surface area contributed by atoms with Gasteiger partial charge in [0.15, 0.2) is 10.9 Å². The summed E-state index contributed by atoms with van der Waals surface area (Å²) in [4.78, 5) is 12.4. The van der Waals surface area contributed by atoms with Crippen molar-refractivity contribution in [1.82, 2.24) is 5.32 Å². The standard InChI is InChI=1S/C21H11Cl2F13N2O4S/c1-40-13-11(22)5-8(6-12(13)23)14(39)38-15(43)37-10-4-2-3-9(7-10)16(24,25)18(28,29)41-19(30,31)17(26,27)20(32,33)42-21(34,35)36/h2-7H,1H3,(H2,37,38,39,43). The first-order valence-corrected chi connectivity index (χ1v) is 11.6. The zero-order chi connectivity index (χ0) is 33.4. The fourth-order valence-electron chi connectivity index (χ4n) is 2.85. The van der Waals surface area contributed by atoms with E-state index in [0.717, 1.165) is 18.2 Å². The minimum absolute atomic E-state index is 0.00365. The Hall–Kier alpha value is -2.81. The van der Waals surface area contributed by atoms with Crippen molar-refractivity contribution in [2.24, 2.45) is 0 Å². The zero-order valence-electron chi connectivity index (χ0n) is 20.2. The van der Waals surface area contributed by atoms with Crippen molar-refractivity contribution in [2.75, 3.05) is 12.4 Å². The van der Waals surface area contributed by atoms with Gasteiger partial charge < -0.3 is 10.1 Å². The second-order valence-electron chi connectivity index (χ2n) is 7.81. The summed E-state index contributed by atoms with van der Waals surface area (Å²) in [5.41, 5.74) is -2.85. The molecule has 0 aliphatic carbocycles. The molecule has 2 N–H and O–H groups in total. The van der Waals surface area contributed by atoms with Crippen molar-refractivity contribution in [3.8, 4) is 5.75 Å². The van der Waals surface area contributed by atoms with E-state index >= 15 is 0 Å². The van der Waals surface area contributed by atoms with E-state index in [1.165, 1.54) is 7.11 Å². The van der Waals surface area contributed by atoms with Crippen molar-refractivity contribution in [2.45, 2.75) is 36.5 Å². The van der Waals surface area contributed by atoms with E-state index in [2.05, 4.69) is 5.32 Å². The van der Waals surface area contributed by atoms with Crippen molar-refractivity contribution < 1.29 is 76.1 Å². The van der Waals surface area contributed by atoms with Gasteiger partial charge in [-0.15, -0.1) is 13.2 Å². The Balaban J connectivity index is 2.26. The molecular formula is C21H11Cl2F13N2O4S. The zero-order valence-corrected chi connectivity index (χ0v) is 22.5. The average Bonchev–Trinajstić information content (AvgIpc) is 2.81. The van der Waals surface area contributed by atoms with E-state index in [1.807, 2.05) is 10.1 Å². The summed E-state index contributed by atoms with van der Waals surface area (Å²) in [5.74, 6) is -14.6. The SMILES string of the molecule is COc1c(Cl)cc(C(=O)NC(=S)Nc2cccc(C(F)(F)C(F)(F)OC(F)(F)C(F)(F)C(F)(F)OC(F)(F)F)c2)cc1Cl. The number of halogens is 15. The molecule has 2 rings (SSSR count). The van der Waals surface area contributed by atoms with Gasteiger partial charge in [-0.05, 0) is 36.5 Å². The number of carbonyl (C=O) groups excluding carboxylic acids is 1. The van der Waals surface area contributed by atoms with Gasteiger partial charge in [-0.3, -0.25) is 10.1 Å². The number of ether oxygens (including phenoxy) is 3. The third-order valence-corrected chi connectivity index (χ3v) is 5.54. The molecule has 2 aromatic rings. The van der Waals surface area contributed by atoms with Crippen LogP contribution in [0.1, 0.15) is 15.9 Å². The van der Waals surface area contributed by atoms with E-state index in [0.29, 0.717) is 6.07 Å². The molecule has 0 aliphatic rings. The van der Waals surface area contributed by atoms with Crippen LogP contribution in [0, 0.1) is 0 Å². The molecule has 0 aromatic heterocycles. The first-order valence-electron chi connectivity index (χ1n) is 10.4. The van der Waals surface area contributed by atoms with Crippen LogP contribution in [-0.2, 0) is 15.4 Å². The third-order valence-electron chi connectivity index (χ3n) is 4.77. The number of alkyl halides is 13. The number of benzene rings is 2. The molecule has 43 heavy (non-hydrogen) atoms. The van der Waals surface area contributed by atoms with Gasteiger partial charge in [0, 0.05) is 16.8 Å². The van der Waals surface area contributed by atoms with Crippen LogP contribution >= 0.6 is 35.4 Å². The summed E-state index contributed by atoms with van der Waals surface area (Å²) in [6.45, 7) is 0. The van der Waals surface area contributed by atoms with Crippen LogP contribution in [0.2, 0.25) is 10.0 Å². The summed E-state index contributed by atoms with van der Waals surface area (Å²) in [6, 6.07) is 3.75. The molecule has 0 saturated heterocycles. The second kappa shape index (κ2) is 12.3. The average molecular weight is 705 g/mol. The largest absolute Gasteiger partial charge is 0.527 e. The van der Waals surface area contributed by atoms with Crippen LogP contribution in [0.5, 0.6) is 5.75 Å². The fourth-order valence-corrected chi connectivity index (χ4v) is 3.70. The Morgan fingerprint density at radius 2 is 1.30 bits per heavy atom. The van der Waals surface area contributed by atoms with Gasteiger partial charge in [0.2, 0.25) is 0 Å². The molecule has 240 valence electrons. The molecule has 1 amide bonds. The summed E-state index contributed by atoms with van der Waals surface area (Å²) in [6.07, 6.45) is -28.1. The summed E-state index contributed by atoms with van der Waals surface area (Å²) in [7, 11) is 1.22. The maximum Gasteiger partial charge on any atom is 0.527 e. The third kappa shape index (κ3) is 8.02. The predicted octanol–water partition coefficient (Wildman–Crippen LogP) is 8.19. The molecule has 0 bridgehead atoms. The number of anilines is 1. The molecule has 0 atom stereocenters. The normalized spacial score (nSPS) is 13.5. The minimum Gasteiger partial charge on any atom is -0.494 e. The first-order chi connectivity index (χ1) is 19.3. The maximum atomic E-state index is 14.5. The molecule has 0 heterocycles. The number of methoxy groups -OCH3 is 1. The van der Waals surface area contributed by atoms with Crippen LogP contribution in [0.15, 0.2) is 36.4 Å². The lowest BCUT2D eigenvalue weighted by molar-refractivity contribution is -0.535. The van der Waals surface area contributed by atoms with Crippen LogP contribution in [-0.4, -0.2) is 48.7 Å². The lowest BCUT2D eigenvalue weighted by atomic mass is 10.1. The molecular weight excluding hydrogens is 694 g/mol. The fraction of sp³-hybridized carbons (Fsp3) is 0.333. The number of hydrogen-bond donors (Lipinski definition) is 2. The Labute approximate surface area is 245 Å². The molecule has 2 aromatic carbocycles. The Morgan fingerprint density at radius 1 is 0.791 bits per heavy atom. The second-order valence-corrected chi connectivity index (χ2v) is 9.03. The Bertz CT molecular complexity index is 1350. The molecule has 0 spiro atoms. The molecule has 6 nitrogen and oxygen atoms in total. The van der Waals surface area contributed by atoms with Gasteiger partial charge in [0.05, 0.1) is 17.2 Å². The van der Waals surface area contributed by atoms with Crippen LogP contribution in [0.25, 0.3) is 0 Å². The van der Waals surface area contributed by atoms with E-state index in [-0.39, 0.29) is 33.5 Å². The topological polar surface area (TPSA) is 68.8 Å². The van der Waals surface area contributed by atoms with Crippen molar-refractivity contribution >= 4 is 52.1 Å². The number of carbonyl (C=O) groups is 1. The van der Waals surface area contributed by atoms with Crippen LogP contribution < -0.4 is 15.4 Å². The Morgan fingerprint density at radius 3 is 1.79 bits per heavy atom. The van der Waals surface area contributed by atoms with Crippen molar-refractivity contribution in [3.05, 3.63) is 57.6 Å². The van der Waals surface area contributed by atoms with E-state index < -0.39 is 58.8 Å². The maximum absolute atomic E-state index is 14.5. The quantitative estimate of drug-likeness (QED) is 0.192. The predicted molar refractivity (Wildman–Crippen MR) is 125 cm³/mol. The Kier molecular flexibility index (Phi) is 10.4. The van der Waals surface area contributed by atoms with Gasteiger partial charge in [0.1, 0.15) is 0 Å². The van der Waals surface area contributed by atoms with Crippen LogP contribution in [0.4, 0.5) is 62.8 Å². The number of nitrogens with one attached hydrogen (secondary N) is 2. The highest BCUT2D eigenvalue weighted by Gasteiger charge is 2.80. The van der Waals surface area contributed by atoms with Gasteiger partial charge in [-0.2, -0.15) is 43.9 Å². The monoisotopic (exact) mass is 704 g/mol. The molecule has 22 heteroatoms. The smallest absolute Gasteiger partial charge is 0.494 e. The summed E-state index contributed by atoms with van der Waals surface area (Å²) < 4.78 is 182. The minimum atomic E-state index is -7.55.